The molecule has 6 nitrogen and oxygen atoms in total. The van der Waals surface area contributed by atoms with Crippen molar-refractivity contribution in [1.29, 1.82) is 0 Å². The van der Waals surface area contributed by atoms with E-state index in [0.717, 1.165) is 17.0 Å². The Morgan fingerprint density at radius 3 is 2.95 bits per heavy atom. The lowest BCUT2D eigenvalue weighted by Crippen LogP contribution is -2.18. The molecule has 3 N–H and O–H groups in total. The number of carbonyl (C=O) groups excluding carboxylic acids is 1. The van der Waals surface area contributed by atoms with Crippen LogP contribution in [0.3, 0.4) is 0 Å². The first kappa shape index (κ1) is 14.9. The third-order valence-electron chi connectivity index (χ3n) is 3.02. The van der Waals surface area contributed by atoms with E-state index in [1.54, 1.807) is 12.4 Å². The van der Waals surface area contributed by atoms with E-state index < -0.39 is 5.91 Å². The van der Waals surface area contributed by atoms with Crippen molar-refractivity contribution in [2.75, 3.05) is 11.9 Å². The number of nitrogens with zero attached hydrogens (tertiary/aromatic N) is 2. The van der Waals surface area contributed by atoms with Gasteiger partial charge in [0.25, 0.3) is 0 Å². The van der Waals surface area contributed by atoms with E-state index >= 15 is 0 Å². The lowest BCUT2D eigenvalue weighted by Gasteiger charge is -2.17. The molecule has 0 bridgehead atoms. The van der Waals surface area contributed by atoms with Gasteiger partial charge >= 0.3 is 0 Å². The van der Waals surface area contributed by atoms with Gasteiger partial charge in [0.2, 0.25) is 5.91 Å². The van der Waals surface area contributed by atoms with Gasteiger partial charge < -0.3 is 15.8 Å². The molecule has 1 amide bonds. The Kier molecular flexibility index (Phi) is 4.81. The predicted molar refractivity (Wildman–Crippen MR) is 81.1 cm³/mol. The lowest BCUT2D eigenvalue weighted by atomic mass is 10.1. The standard InChI is InChI=1S/C15H20N4O2/c1-3-21-14-7-5-4-6-13(14)11(2)18-12-8-17-19(9-12)10-15(16)20/h4-9,11,18H,3,10H2,1-2H3,(H2,16,20). The highest BCUT2D eigenvalue weighted by Crippen LogP contribution is 2.27. The van der Waals surface area contributed by atoms with Gasteiger partial charge in [-0.05, 0) is 19.9 Å². The zero-order chi connectivity index (χ0) is 15.2. The number of benzene rings is 1. The molecular formula is C15H20N4O2. The SMILES string of the molecule is CCOc1ccccc1C(C)Nc1cnn(CC(N)=O)c1. The van der Waals surface area contributed by atoms with Gasteiger partial charge in [0, 0.05) is 11.8 Å². The summed E-state index contributed by atoms with van der Waals surface area (Å²) in [4.78, 5) is 10.9. The first-order valence-electron chi connectivity index (χ1n) is 6.89. The summed E-state index contributed by atoms with van der Waals surface area (Å²) in [5.74, 6) is 0.448. The van der Waals surface area contributed by atoms with Gasteiger partial charge in [0.1, 0.15) is 12.3 Å². The highest BCUT2D eigenvalue weighted by atomic mass is 16.5. The van der Waals surface area contributed by atoms with Crippen LogP contribution in [0, 0.1) is 0 Å². The summed E-state index contributed by atoms with van der Waals surface area (Å²) in [7, 11) is 0. The molecule has 1 unspecified atom stereocenters. The van der Waals surface area contributed by atoms with Gasteiger partial charge in [-0.25, -0.2) is 0 Å². The van der Waals surface area contributed by atoms with Gasteiger partial charge in [-0.15, -0.1) is 0 Å². The van der Waals surface area contributed by atoms with E-state index in [-0.39, 0.29) is 12.6 Å². The van der Waals surface area contributed by atoms with Crippen molar-refractivity contribution in [3.63, 3.8) is 0 Å². The van der Waals surface area contributed by atoms with E-state index in [1.165, 1.54) is 4.68 Å². The highest BCUT2D eigenvalue weighted by molar-refractivity contribution is 5.73. The topological polar surface area (TPSA) is 82.2 Å². The van der Waals surface area contributed by atoms with Crippen LogP contribution in [-0.2, 0) is 11.3 Å². The Labute approximate surface area is 123 Å². The van der Waals surface area contributed by atoms with Crippen LogP contribution in [-0.4, -0.2) is 22.3 Å². The van der Waals surface area contributed by atoms with Crippen molar-refractivity contribution < 1.29 is 9.53 Å². The maximum Gasteiger partial charge on any atom is 0.239 e. The molecule has 1 aromatic heterocycles. The number of carbonyl (C=O) groups is 1. The van der Waals surface area contributed by atoms with Crippen LogP contribution < -0.4 is 15.8 Å². The third kappa shape index (κ3) is 3.98. The summed E-state index contributed by atoms with van der Waals surface area (Å²) in [6, 6.07) is 7.96. The Morgan fingerprint density at radius 2 is 2.24 bits per heavy atom. The average Bonchev–Trinajstić information content (AvgIpc) is 2.86. The Morgan fingerprint density at radius 1 is 1.48 bits per heavy atom. The summed E-state index contributed by atoms with van der Waals surface area (Å²) >= 11 is 0. The number of nitrogens with one attached hydrogen (secondary N) is 1. The zero-order valence-corrected chi connectivity index (χ0v) is 12.2. The molecule has 0 radical (unpaired) electrons. The molecule has 0 aliphatic rings. The van der Waals surface area contributed by atoms with Gasteiger partial charge in [-0.1, -0.05) is 18.2 Å². The van der Waals surface area contributed by atoms with E-state index in [1.807, 2.05) is 38.1 Å². The van der Waals surface area contributed by atoms with Crippen LogP contribution in [0.4, 0.5) is 5.69 Å². The molecule has 6 heteroatoms. The number of aromatic nitrogens is 2. The monoisotopic (exact) mass is 288 g/mol. The molecule has 0 spiro atoms. The van der Waals surface area contributed by atoms with Crippen molar-refractivity contribution in [1.82, 2.24) is 9.78 Å². The summed E-state index contributed by atoms with van der Waals surface area (Å²) in [6.07, 6.45) is 3.42. The molecule has 2 aromatic rings. The van der Waals surface area contributed by atoms with Crippen LogP contribution >= 0.6 is 0 Å². The number of rotatable bonds is 7. The largest absolute Gasteiger partial charge is 0.494 e. The minimum atomic E-state index is -0.417. The summed E-state index contributed by atoms with van der Waals surface area (Å²) < 4.78 is 7.14. The van der Waals surface area contributed by atoms with E-state index in [0.29, 0.717) is 6.61 Å². The van der Waals surface area contributed by atoms with Gasteiger partial charge in [0.15, 0.2) is 0 Å². The zero-order valence-electron chi connectivity index (χ0n) is 12.2. The number of ether oxygens (including phenoxy) is 1. The number of anilines is 1. The number of nitrogens with two attached hydrogens (primary N) is 1. The number of hydrogen-bond acceptors (Lipinski definition) is 4. The Hall–Kier alpha value is -2.50. The fourth-order valence-corrected chi connectivity index (χ4v) is 2.14. The van der Waals surface area contributed by atoms with Crippen molar-refractivity contribution in [3.05, 3.63) is 42.2 Å². The van der Waals surface area contributed by atoms with Crippen molar-refractivity contribution in [3.8, 4) is 5.75 Å². The summed E-state index contributed by atoms with van der Waals surface area (Å²) in [5.41, 5.74) is 7.04. The second-order valence-corrected chi connectivity index (χ2v) is 4.73. The second kappa shape index (κ2) is 6.78. The first-order chi connectivity index (χ1) is 10.1. The molecule has 0 saturated heterocycles. The molecule has 2 rings (SSSR count). The van der Waals surface area contributed by atoms with Gasteiger partial charge in [0.05, 0.1) is 24.5 Å². The van der Waals surface area contributed by atoms with Crippen molar-refractivity contribution >= 4 is 11.6 Å². The highest BCUT2D eigenvalue weighted by Gasteiger charge is 2.12. The van der Waals surface area contributed by atoms with Crippen molar-refractivity contribution in [2.24, 2.45) is 5.73 Å². The maximum atomic E-state index is 10.9. The molecule has 0 aliphatic heterocycles. The Bertz CT molecular complexity index is 609. The molecule has 1 aromatic carbocycles. The third-order valence-corrected chi connectivity index (χ3v) is 3.02. The molecule has 0 fully saturated rings. The second-order valence-electron chi connectivity index (χ2n) is 4.73. The Balaban J connectivity index is 2.09. The average molecular weight is 288 g/mol. The molecule has 1 atom stereocenters. The predicted octanol–water partition coefficient (Wildman–Crippen LogP) is 1.94. The van der Waals surface area contributed by atoms with Gasteiger partial charge in [-0.2, -0.15) is 5.10 Å². The quantitative estimate of drug-likeness (QED) is 0.815. The smallest absolute Gasteiger partial charge is 0.239 e. The molecule has 112 valence electrons. The van der Waals surface area contributed by atoms with Crippen molar-refractivity contribution in [2.45, 2.75) is 26.4 Å². The molecule has 0 saturated carbocycles. The first-order valence-corrected chi connectivity index (χ1v) is 6.89. The van der Waals surface area contributed by atoms with Crippen LogP contribution in [0.15, 0.2) is 36.7 Å². The summed E-state index contributed by atoms with van der Waals surface area (Å²) in [5, 5.41) is 7.42. The fraction of sp³-hybridized carbons (Fsp3) is 0.333. The summed E-state index contributed by atoms with van der Waals surface area (Å²) in [6.45, 7) is 4.71. The minimum absolute atomic E-state index is 0.0546. The molecule has 1 heterocycles. The fourth-order valence-electron chi connectivity index (χ4n) is 2.14. The van der Waals surface area contributed by atoms with E-state index in [2.05, 4.69) is 10.4 Å². The van der Waals surface area contributed by atoms with Gasteiger partial charge in [-0.3, -0.25) is 9.48 Å². The lowest BCUT2D eigenvalue weighted by molar-refractivity contribution is -0.118. The van der Waals surface area contributed by atoms with Crippen LogP contribution in [0.2, 0.25) is 0 Å². The molecular weight excluding hydrogens is 268 g/mol. The van der Waals surface area contributed by atoms with E-state index in [9.17, 15) is 4.79 Å². The number of para-hydroxylation sites is 1. The van der Waals surface area contributed by atoms with Crippen LogP contribution in [0.25, 0.3) is 0 Å². The number of hydrogen-bond donors (Lipinski definition) is 2. The molecule has 0 aliphatic carbocycles. The van der Waals surface area contributed by atoms with Crippen LogP contribution in [0.1, 0.15) is 25.5 Å². The van der Waals surface area contributed by atoms with E-state index in [4.69, 9.17) is 10.5 Å². The number of primary amides is 1. The normalized spacial score (nSPS) is 11.9. The maximum absolute atomic E-state index is 10.9. The minimum Gasteiger partial charge on any atom is -0.494 e. The van der Waals surface area contributed by atoms with Crippen LogP contribution in [0.5, 0.6) is 5.75 Å². The molecule has 21 heavy (non-hydrogen) atoms. The number of amides is 1.